The van der Waals surface area contributed by atoms with Crippen molar-refractivity contribution in [3.8, 4) is 11.8 Å². The van der Waals surface area contributed by atoms with E-state index in [1.165, 1.54) is 11.8 Å². The highest BCUT2D eigenvalue weighted by Crippen LogP contribution is 2.36. The van der Waals surface area contributed by atoms with E-state index in [2.05, 4.69) is 11.4 Å². The Labute approximate surface area is 231 Å². The number of thioether (sulfide) groups is 1. The summed E-state index contributed by atoms with van der Waals surface area (Å²) < 4.78 is 7.27. The van der Waals surface area contributed by atoms with Gasteiger partial charge in [-0.15, -0.1) is 0 Å². The van der Waals surface area contributed by atoms with Gasteiger partial charge in [0.2, 0.25) is 0 Å². The predicted octanol–water partition coefficient (Wildman–Crippen LogP) is 5.46. The van der Waals surface area contributed by atoms with Gasteiger partial charge in [-0.05, 0) is 48.2 Å². The Hall–Kier alpha value is -3.87. The number of hydrogen-bond acceptors (Lipinski definition) is 7. The first-order valence-electron chi connectivity index (χ1n) is 12.2. The zero-order valence-electron chi connectivity index (χ0n) is 21.5. The van der Waals surface area contributed by atoms with Gasteiger partial charge in [0.1, 0.15) is 27.5 Å². The van der Waals surface area contributed by atoms with E-state index in [9.17, 15) is 14.9 Å². The lowest BCUT2D eigenvalue weighted by atomic mass is 10.0. The molecule has 1 aliphatic rings. The second-order valence-electron chi connectivity index (χ2n) is 8.79. The summed E-state index contributed by atoms with van der Waals surface area (Å²) in [7, 11) is 1.61. The minimum atomic E-state index is -0.341. The van der Waals surface area contributed by atoms with Crippen LogP contribution in [0.2, 0.25) is 0 Å². The molecule has 2 heterocycles. The van der Waals surface area contributed by atoms with E-state index in [-0.39, 0.29) is 17.0 Å². The molecule has 194 valence electrons. The van der Waals surface area contributed by atoms with Crippen LogP contribution in [0, 0.1) is 18.3 Å². The molecule has 2 aromatic carbocycles. The van der Waals surface area contributed by atoms with Crippen LogP contribution in [0.4, 0.5) is 5.82 Å². The lowest BCUT2D eigenvalue weighted by molar-refractivity contribution is -0.122. The number of carbonyl (C=O) groups is 1. The smallest absolute Gasteiger partial charge is 0.270 e. The van der Waals surface area contributed by atoms with Crippen LogP contribution in [0.1, 0.15) is 41.2 Å². The highest BCUT2D eigenvalue weighted by molar-refractivity contribution is 8.26. The Morgan fingerprint density at radius 1 is 1.11 bits per heavy atom. The summed E-state index contributed by atoms with van der Waals surface area (Å²) in [6, 6.07) is 19.4. The standard InChI is InChI=1S/C29H28N4O3S2/c1-4-14-32-26(31-17-20-8-6-5-7-9-20)23(19(2)24(16-30)27(32)34)15-25-28(35)33(29(37)38-25)18-21-10-12-22(36-3)13-11-21/h5-13,15,31H,4,14,17-18H2,1-3H3/b25-15+. The number of amides is 1. The van der Waals surface area contributed by atoms with E-state index in [1.54, 1.807) is 29.6 Å². The number of anilines is 1. The van der Waals surface area contributed by atoms with Crippen LogP contribution >= 0.6 is 24.0 Å². The number of benzene rings is 2. The van der Waals surface area contributed by atoms with E-state index in [1.807, 2.05) is 61.5 Å². The van der Waals surface area contributed by atoms with Crippen molar-refractivity contribution in [2.45, 2.75) is 39.9 Å². The molecule has 1 aromatic heterocycles. The first-order valence-corrected chi connectivity index (χ1v) is 13.4. The summed E-state index contributed by atoms with van der Waals surface area (Å²) in [6.45, 7) is 4.97. The highest BCUT2D eigenvalue weighted by Gasteiger charge is 2.33. The van der Waals surface area contributed by atoms with Crippen molar-refractivity contribution in [1.29, 1.82) is 5.26 Å². The number of pyridine rings is 1. The Bertz CT molecular complexity index is 1490. The van der Waals surface area contributed by atoms with E-state index < -0.39 is 0 Å². The maximum absolute atomic E-state index is 13.5. The quantitative estimate of drug-likeness (QED) is 0.283. The van der Waals surface area contributed by atoms with Gasteiger partial charge in [0.25, 0.3) is 11.5 Å². The molecule has 0 saturated carbocycles. The number of methoxy groups -OCH3 is 1. The van der Waals surface area contributed by atoms with Crippen LogP contribution in [0.15, 0.2) is 64.3 Å². The topological polar surface area (TPSA) is 87.4 Å². The maximum Gasteiger partial charge on any atom is 0.270 e. The van der Waals surface area contributed by atoms with Gasteiger partial charge in [-0.2, -0.15) is 5.26 Å². The minimum Gasteiger partial charge on any atom is -0.497 e. The molecule has 7 nitrogen and oxygen atoms in total. The summed E-state index contributed by atoms with van der Waals surface area (Å²) >= 11 is 6.77. The number of rotatable bonds is 9. The molecule has 1 aliphatic heterocycles. The summed E-state index contributed by atoms with van der Waals surface area (Å²) in [4.78, 5) is 28.7. The molecule has 1 amide bonds. The minimum absolute atomic E-state index is 0.0728. The molecule has 0 atom stereocenters. The molecule has 9 heteroatoms. The van der Waals surface area contributed by atoms with Gasteiger partial charge in [0, 0.05) is 18.7 Å². The Kier molecular flexibility index (Phi) is 8.66. The molecule has 0 spiro atoms. The van der Waals surface area contributed by atoms with Gasteiger partial charge >= 0.3 is 0 Å². The molecular weight excluding hydrogens is 516 g/mol. The molecule has 0 unspecified atom stereocenters. The molecule has 0 bridgehead atoms. The van der Waals surface area contributed by atoms with Gasteiger partial charge in [-0.3, -0.25) is 19.1 Å². The fourth-order valence-corrected chi connectivity index (χ4v) is 5.49. The number of aromatic nitrogens is 1. The van der Waals surface area contributed by atoms with Crippen molar-refractivity contribution in [1.82, 2.24) is 9.47 Å². The molecule has 4 rings (SSSR count). The molecule has 38 heavy (non-hydrogen) atoms. The fourth-order valence-electron chi connectivity index (χ4n) is 4.25. The van der Waals surface area contributed by atoms with Gasteiger partial charge in [-0.1, -0.05) is 73.4 Å². The van der Waals surface area contributed by atoms with E-state index in [0.29, 0.717) is 52.2 Å². The number of carbonyl (C=O) groups excluding carboxylic acids is 1. The summed E-state index contributed by atoms with van der Waals surface area (Å²) in [6.07, 6.45) is 2.46. The van der Waals surface area contributed by atoms with Crippen LogP contribution in [0.5, 0.6) is 5.75 Å². The van der Waals surface area contributed by atoms with Crippen molar-refractivity contribution in [3.63, 3.8) is 0 Å². The lowest BCUT2D eigenvalue weighted by Gasteiger charge is -2.20. The second-order valence-corrected chi connectivity index (χ2v) is 10.5. The maximum atomic E-state index is 13.5. The molecule has 0 aliphatic carbocycles. The van der Waals surface area contributed by atoms with Gasteiger partial charge in [0.05, 0.1) is 18.6 Å². The van der Waals surface area contributed by atoms with Gasteiger partial charge in [-0.25, -0.2) is 0 Å². The highest BCUT2D eigenvalue weighted by atomic mass is 32.2. The first-order chi connectivity index (χ1) is 18.4. The number of thiocarbonyl (C=S) groups is 1. The van der Waals surface area contributed by atoms with Crippen LogP contribution in [-0.2, 0) is 24.4 Å². The third-order valence-corrected chi connectivity index (χ3v) is 7.65. The molecular formula is C29H28N4O3S2. The van der Waals surface area contributed by atoms with Crippen molar-refractivity contribution < 1.29 is 9.53 Å². The van der Waals surface area contributed by atoms with E-state index >= 15 is 0 Å². The average Bonchev–Trinajstić information content (AvgIpc) is 3.19. The van der Waals surface area contributed by atoms with Gasteiger partial charge in [0.15, 0.2) is 0 Å². The van der Waals surface area contributed by atoms with E-state index in [0.717, 1.165) is 16.9 Å². The van der Waals surface area contributed by atoms with Crippen LogP contribution in [0.3, 0.4) is 0 Å². The van der Waals surface area contributed by atoms with Crippen LogP contribution < -0.4 is 15.6 Å². The monoisotopic (exact) mass is 544 g/mol. The summed E-state index contributed by atoms with van der Waals surface area (Å²) in [5.74, 6) is 1.11. The summed E-state index contributed by atoms with van der Waals surface area (Å²) in [5, 5.41) is 13.2. The lowest BCUT2D eigenvalue weighted by Crippen LogP contribution is -2.28. The predicted molar refractivity (Wildman–Crippen MR) is 156 cm³/mol. The number of nitriles is 1. The first kappa shape index (κ1) is 27.2. The van der Waals surface area contributed by atoms with Crippen LogP contribution in [0.25, 0.3) is 6.08 Å². The third kappa shape index (κ3) is 5.67. The number of nitrogens with one attached hydrogen (secondary N) is 1. The number of ether oxygens (including phenoxy) is 1. The second kappa shape index (κ2) is 12.1. The normalized spacial score (nSPS) is 14.2. The molecule has 0 radical (unpaired) electrons. The average molecular weight is 545 g/mol. The van der Waals surface area contributed by atoms with E-state index in [4.69, 9.17) is 17.0 Å². The number of hydrogen-bond donors (Lipinski definition) is 1. The van der Waals surface area contributed by atoms with Crippen molar-refractivity contribution in [2.75, 3.05) is 12.4 Å². The Morgan fingerprint density at radius 2 is 1.82 bits per heavy atom. The van der Waals surface area contributed by atoms with Crippen molar-refractivity contribution in [2.24, 2.45) is 0 Å². The Morgan fingerprint density at radius 3 is 2.45 bits per heavy atom. The molecule has 1 fully saturated rings. The SMILES string of the molecule is CCCn1c(NCc2ccccc2)c(/C=C2/SC(=S)N(Cc3ccc(OC)cc3)C2=O)c(C)c(C#N)c1=O. The van der Waals surface area contributed by atoms with Crippen molar-refractivity contribution >= 4 is 46.1 Å². The summed E-state index contributed by atoms with van der Waals surface area (Å²) in [5.41, 5.74) is 2.86. The molecule has 1 N–H and O–H groups in total. The Balaban J connectivity index is 1.74. The fraction of sp³-hybridized carbons (Fsp3) is 0.241. The molecule has 1 saturated heterocycles. The van der Waals surface area contributed by atoms with Crippen LogP contribution in [-0.4, -0.2) is 26.8 Å². The zero-order chi connectivity index (χ0) is 27.2. The number of nitrogens with zero attached hydrogens (tertiary/aromatic N) is 3. The van der Waals surface area contributed by atoms with Crippen molar-refractivity contribution in [3.05, 3.63) is 97.7 Å². The zero-order valence-corrected chi connectivity index (χ0v) is 23.1. The molecule has 3 aromatic rings. The largest absolute Gasteiger partial charge is 0.497 e. The third-order valence-electron chi connectivity index (χ3n) is 6.27. The van der Waals surface area contributed by atoms with Gasteiger partial charge < -0.3 is 10.1 Å².